The van der Waals surface area contributed by atoms with E-state index in [0.29, 0.717) is 11.3 Å². The summed E-state index contributed by atoms with van der Waals surface area (Å²) in [7, 11) is 0. The highest BCUT2D eigenvalue weighted by molar-refractivity contribution is 6.04. The molecular weight excluding hydrogens is 260 g/mol. The van der Waals surface area contributed by atoms with Crippen LogP contribution in [0, 0.1) is 5.92 Å². The Morgan fingerprint density at radius 3 is 2.60 bits per heavy atom. The van der Waals surface area contributed by atoms with Crippen molar-refractivity contribution >= 4 is 23.5 Å². The Bertz CT molecular complexity index is 552. The molecule has 20 heavy (non-hydrogen) atoms. The first kappa shape index (κ1) is 14.0. The zero-order valence-electron chi connectivity index (χ0n) is 11.1. The first-order chi connectivity index (χ1) is 9.47. The molecule has 0 saturated heterocycles. The van der Waals surface area contributed by atoms with Crippen molar-refractivity contribution in [2.24, 2.45) is 5.92 Å². The topological polar surface area (TPSA) is 95.5 Å². The predicted octanol–water partition coefficient (Wildman–Crippen LogP) is 1.24. The van der Waals surface area contributed by atoms with E-state index in [0.717, 1.165) is 12.8 Å². The fourth-order valence-corrected chi connectivity index (χ4v) is 1.60. The van der Waals surface area contributed by atoms with Crippen LogP contribution >= 0.6 is 0 Å². The summed E-state index contributed by atoms with van der Waals surface area (Å²) in [5, 5.41) is 14.1. The van der Waals surface area contributed by atoms with Gasteiger partial charge in [0.15, 0.2) is 0 Å². The summed E-state index contributed by atoms with van der Waals surface area (Å²) in [4.78, 5) is 34.2. The lowest BCUT2D eigenvalue weighted by atomic mass is 10.1. The summed E-state index contributed by atoms with van der Waals surface area (Å²) < 4.78 is 0. The summed E-state index contributed by atoms with van der Waals surface area (Å²) in [5.41, 5.74) is 0.851. The molecule has 0 spiro atoms. The molecule has 3 N–H and O–H groups in total. The standard InChI is InChI=1S/C14H16N2O4/c1-8(14(19)20)12(17)16-11-4-2-3-9(7-11)13(18)15-10-5-6-10/h2-4,7-8,10H,5-6H2,1H3,(H,15,18)(H,16,17)(H,19,20). The molecule has 6 nitrogen and oxygen atoms in total. The molecule has 0 radical (unpaired) electrons. The highest BCUT2D eigenvalue weighted by Gasteiger charge is 2.24. The number of amides is 2. The largest absolute Gasteiger partial charge is 0.481 e. The van der Waals surface area contributed by atoms with Gasteiger partial charge in [-0.3, -0.25) is 14.4 Å². The van der Waals surface area contributed by atoms with Gasteiger partial charge in [0, 0.05) is 17.3 Å². The van der Waals surface area contributed by atoms with Crippen molar-refractivity contribution in [1.29, 1.82) is 0 Å². The van der Waals surface area contributed by atoms with Gasteiger partial charge in [-0.05, 0) is 38.0 Å². The summed E-state index contributed by atoms with van der Waals surface area (Å²) >= 11 is 0. The number of carboxylic acids is 1. The van der Waals surface area contributed by atoms with Crippen LogP contribution in [0.25, 0.3) is 0 Å². The quantitative estimate of drug-likeness (QED) is 0.705. The average Bonchev–Trinajstić information content (AvgIpc) is 3.21. The summed E-state index contributed by atoms with van der Waals surface area (Å²) in [6.45, 7) is 1.31. The molecule has 106 valence electrons. The number of nitrogens with one attached hydrogen (secondary N) is 2. The monoisotopic (exact) mass is 276 g/mol. The van der Waals surface area contributed by atoms with E-state index < -0.39 is 17.8 Å². The van der Waals surface area contributed by atoms with Crippen LogP contribution in [0.4, 0.5) is 5.69 Å². The Labute approximate surface area is 116 Å². The SMILES string of the molecule is CC(C(=O)O)C(=O)Nc1cccc(C(=O)NC2CC2)c1. The van der Waals surface area contributed by atoms with E-state index in [4.69, 9.17) is 5.11 Å². The Morgan fingerprint density at radius 2 is 2.00 bits per heavy atom. The Morgan fingerprint density at radius 1 is 1.30 bits per heavy atom. The number of hydrogen-bond donors (Lipinski definition) is 3. The van der Waals surface area contributed by atoms with Gasteiger partial charge in [-0.15, -0.1) is 0 Å². The highest BCUT2D eigenvalue weighted by atomic mass is 16.4. The van der Waals surface area contributed by atoms with Crippen molar-refractivity contribution in [2.75, 3.05) is 5.32 Å². The fourth-order valence-electron chi connectivity index (χ4n) is 1.60. The zero-order valence-corrected chi connectivity index (χ0v) is 11.1. The van der Waals surface area contributed by atoms with Crippen LogP contribution in [0.15, 0.2) is 24.3 Å². The van der Waals surface area contributed by atoms with Crippen molar-refractivity contribution < 1.29 is 19.5 Å². The second-order valence-corrected chi connectivity index (χ2v) is 4.88. The van der Waals surface area contributed by atoms with Gasteiger partial charge >= 0.3 is 5.97 Å². The van der Waals surface area contributed by atoms with Crippen LogP contribution in [-0.4, -0.2) is 28.9 Å². The molecule has 2 rings (SSSR count). The van der Waals surface area contributed by atoms with Crippen molar-refractivity contribution in [3.63, 3.8) is 0 Å². The maximum Gasteiger partial charge on any atom is 0.315 e. The molecule has 0 bridgehead atoms. The molecule has 6 heteroatoms. The maximum atomic E-state index is 11.9. The van der Waals surface area contributed by atoms with E-state index in [1.54, 1.807) is 18.2 Å². The lowest BCUT2D eigenvalue weighted by Gasteiger charge is -2.10. The Kier molecular flexibility index (Phi) is 4.02. The molecule has 1 aliphatic carbocycles. The number of carbonyl (C=O) groups excluding carboxylic acids is 2. The molecule has 2 amide bonds. The van der Waals surface area contributed by atoms with Gasteiger partial charge in [-0.1, -0.05) is 6.07 Å². The summed E-state index contributed by atoms with van der Waals surface area (Å²) in [6, 6.07) is 6.69. The van der Waals surface area contributed by atoms with Gasteiger partial charge in [-0.25, -0.2) is 0 Å². The minimum Gasteiger partial charge on any atom is -0.481 e. The molecule has 1 fully saturated rings. The molecule has 1 atom stereocenters. The highest BCUT2D eigenvalue weighted by Crippen LogP contribution is 2.20. The maximum absolute atomic E-state index is 11.9. The predicted molar refractivity (Wildman–Crippen MR) is 72.4 cm³/mol. The van der Waals surface area contributed by atoms with Crippen molar-refractivity contribution in [2.45, 2.75) is 25.8 Å². The van der Waals surface area contributed by atoms with Crippen LogP contribution in [0.3, 0.4) is 0 Å². The van der Waals surface area contributed by atoms with Gasteiger partial charge in [0.25, 0.3) is 5.91 Å². The minimum atomic E-state index is -1.19. The number of anilines is 1. The zero-order chi connectivity index (χ0) is 14.7. The van der Waals surface area contributed by atoms with E-state index >= 15 is 0 Å². The Balaban J connectivity index is 2.03. The van der Waals surface area contributed by atoms with Crippen molar-refractivity contribution in [3.8, 4) is 0 Å². The minimum absolute atomic E-state index is 0.185. The summed E-state index contributed by atoms with van der Waals surface area (Å²) in [6.07, 6.45) is 2.00. The van der Waals surface area contributed by atoms with Crippen LogP contribution in [0.5, 0.6) is 0 Å². The summed E-state index contributed by atoms with van der Waals surface area (Å²) in [5.74, 6) is -3.13. The molecular formula is C14H16N2O4. The van der Waals surface area contributed by atoms with Crippen LogP contribution in [0.1, 0.15) is 30.1 Å². The van der Waals surface area contributed by atoms with Gasteiger partial charge in [0.2, 0.25) is 5.91 Å². The van der Waals surface area contributed by atoms with Gasteiger partial charge < -0.3 is 15.7 Å². The average molecular weight is 276 g/mol. The third-order valence-electron chi connectivity index (χ3n) is 3.07. The molecule has 1 aromatic rings. The van der Waals surface area contributed by atoms with E-state index in [9.17, 15) is 14.4 Å². The molecule has 0 aromatic heterocycles. The van der Waals surface area contributed by atoms with Gasteiger partial charge in [-0.2, -0.15) is 0 Å². The van der Waals surface area contributed by atoms with Gasteiger partial charge in [0.1, 0.15) is 5.92 Å². The number of carboxylic acid groups (broad SMARTS) is 1. The third kappa shape index (κ3) is 3.57. The van der Waals surface area contributed by atoms with E-state index in [1.807, 2.05) is 0 Å². The second-order valence-electron chi connectivity index (χ2n) is 4.88. The van der Waals surface area contributed by atoms with E-state index in [-0.39, 0.29) is 11.9 Å². The van der Waals surface area contributed by atoms with Crippen LogP contribution in [-0.2, 0) is 9.59 Å². The van der Waals surface area contributed by atoms with Crippen molar-refractivity contribution in [3.05, 3.63) is 29.8 Å². The number of carbonyl (C=O) groups is 3. The first-order valence-corrected chi connectivity index (χ1v) is 6.42. The molecule has 0 heterocycles. The molecule has 1 saturated carbocycles. The fraction of sp³-hybridized carbons (Fsp3) is 0.357. The van der Waals surface area contributed by atoms with Crippen LogP contribution in [0.2, 0.25) is 0 Å². The third-order valence-corrected chi connectivity index (χ3v) is 3.07. The lowest BCUT2D eigenvalue weighted by Crippen LogP contribution is -2.27. The van der Waals surface area contributed by atoms with Gasteiger partial charge in [0.05, 0.1) is 0 Å². The van der Waals surface area contributed by atoms with E-state index in [2.05, 4.69) is 10.6 Å². The van der Waals surface area contributed by atoms with Crippen LogP contribution < -0.4 is 10.6 Å². The molecule has 1 aliphatic rings. The molecule has 0 aliphatic heterocycles. The Hall–Kier alpha value is -2.37. The first-order valence-electron chi connectivity index (χ1n) is 6.42. The van der Waals surface area contributed by atoms with E-state index in [1.165, 1.54) is 13.0 Å². The number of rotatable bonds is 5. The van der Waals surface area contributed by atoms with Crippen molar-refractivity contribution in [1.82, 2.24) is 5.32 Å². The smallest absolute Gasteiger partial charge is 0.315 e. The molecule has 1 unspecified atom stereocenters. The normalized spacial score (nSPS) is 15.2. The lowest BCUT2D eigenvalue weighted by molar-refractivity contribution is -0.144. The second kappa shape index (κ2) is 5.73. The number of benzene rings is 1. The number of aliphatic carboxylic acids is 1. The number of hydrogen-bond acceptors (Lipinski definition) is 3. The molecule has 1 aromatic carbocycles.